The van der Waals surface area contributed by atoms with E-state index in [1.165, 1.54) is 0 Å². The molecule has 0 unspecified atom stereocenters. The lowest BCUT2D eigenvalue weighted by molar-refractivity contribution is 1.32. The lowest BCUT2D eigenvalue weighted by Crippen LogP contribution is -1.92. The van der Waals surface area contributed by atoms with Gasteiger partial charge in [0.05, 0.1) is 78.3 Å². The molecule has 10 aromatic heterocycles. The Balaban J connectivity index is 0.000000145. The Morgan fingerprint density at radius 3 is 1.12 bits per heavy atom. The number of para-hydroxylation sites is 2. The Morgan fingerprint density at radius 2 is 0.564 bits per heavy atom. The normalized spacial score (nSPS) is 11.5. The molecular weight excluding hydrogens is 1340 g/mol. The fourth-order valence-corrected chi connectivity index (χ4v) is 15.1. The van der Waals surface area contributed by atoms with Crippen LogP contribution >= 0.6 is 0 Å². The Kier molecular flexibility index (Phi) is 16.3. The second-order valence-corrected chi connectivity index (χ2v) is 27.6. The Bertz CT molecular complexity index is 7080. The summed E-state index contributed by atoms with van der Waals surface area (Å²) in [5, 5.41) is 8.75. The number of rotatable bonds is 11. The molecule has 0 fully saturated rings. The topological polar surface area (TPSA) is 129 Å². The van der Waals surface area contributed by atoms with Crippen LogP contribution in [0.4, 0.5) is 0 Å². The summed E-state index contributed by atoms with van der Waals surface area (Å²) in [5.41, 5.74) is 30.6. The van der Waals surface area contributed by atoms with Crippen molar-refractivity contribution < 1.29 is 0 Å². The lowest BCUT2D eigenvalue weighted by Gasteiger charge is -2.14. The summed E-state index contributed by atoms with van der Waals surface area (Å²) >= 11 is 0. The van der Waals surface area contributed by atoms with Crippen molar-refractivity contribution in [3.05, 3.63) is 377 Å². The van der Waals surface area contributed by atoms with E-state index in [0.29, 0.717) is 0 Å². The minimum atomic E-state index is 0.910. The zero-order valence-corrected chi connectivity index (χ0v) is 59.3. The molecule has 21 rings (SSSR count). The first kappa shape index (κ1) is 64.6. The standard InChI is InChI=1S/C53H33N5.C47H29N5/c1-3-12-51-46(10-1)44(22-25-55-51)41-29-42(45-23-26-56-52-13-4-2-11-47(45)52)31-43(30-41)50-21-18-39-28-36(17-20-49(39)57-50)37-15-14-34-16-19-48(58-53(34)32-37)38-8-5-7-35(27-38)40-9-6-24-54-33-40;1-2-24-48-40(11-1)35-6-3-7-36(27-35)42-20-16-30-12-15-34(29-45(30)51-42)33-18-22-43-39(26-33)19-23-41(50-43)37-8-4-9-38(28-37)44-21-17-32-14-13-31-10-5-25-49-46(31)47(32)52-44/h1-33H;1-29H. The predicted octanol–water partition coefficient (Wildman–Crippen LogP) is 24.9. The highest BCUT2D eigenvalue weighted by molar-refractivity contribution is 6.04. The van der Waals surface area contributed by atoms with Crippen molar-refractivity contribution in [2.45, 2.75) is 0 Å². The van der Waals surface area contributed by atoms with Gasteiger partial charge in [0.2, 0.25) is 0 Å². The van der Waals surface area contributed by atoms with Gasteiger partial charge in [0.25, 0.3) is 0 Å². The lowest BCUT2D eigenvalue weighted by atomic mass is 9.92. The van der Waals surface area contributed by atoms with Crippen LogP contribution in [0.25, 0.3) is 210 Å². The van der Waals surface area contributed by atoms with E-state index in [2.05, 4.69) is 322 Å². The summed E-state index contributed by atoms with van der Waals surface area (Å²) in [5.74, 6) is 0. The molecular formula is C100H62N10. The zero-order valence-electron chi connectivity index (χ0n) is 59.3. The van der Waals surface area contributed by atoms with Gasteiger partial charge in [0.1, 0.15) is 0 Å². The highest BCUT2D eigenvalue weighted by atomic mass is 14.8. The summed E-state index contributed by atoms with van der Waals surface area (Å²) in [7, 11) is 0. The van der Waals surface area contributed by atoms with Gasteiger partial charge in [-0.15, -0.1) is 0 Å². The summed E-state index contributed by atoms with van der Waals surface area (Å²) < 4.78 is 0. The van der Waals surface area contributed by atoms with E-state index in [-0.39, 0.29) is 0 Å². The van der Waals surface area contributed by atoms with Gasteiger partial charge in [-0.25, -0.2) is 24.9 Å². The third-order valence-electron chi connectivity index (χ3n) is 20.7. The minimum absolute atomic E-state index is 0.910. The van der Waals surface area contributed by atoms with Gasteiger partial charge in [0.15, 0.2) is 0 Å². The van der Waals surface area contributed by atoms with Gasteiger partial charge in [-0.3, -0.25) is 24.9 Å². The monoisotopic (exact) mass is 1400 g/mol. The molecule has 0 amide bonds. The van der Waals surface area contributed by atoms with Gasteiger partial charge < -0.3 is 0 Å². The van der Waals surface area contributed by atoms with E-state index < -0.39 is 0 Å². The van der Waals surface area contributed by atoms with E-state index >= 15 is 0 Å². The van der Waals surface area contributed by atoms with Crippen molar-refractivity contribution >= 4 is 87.2 Å². The van der Waals surface area contributed by atoms with Gasteiger partial charge in [0, 0.05) is 119 Å². The smallest absolute Gasteiger partial charge is 0.0972 e. The maximum Gasteiger partial charge on any atom is 0.0972 e. The molecule has 11 aromatic carbocycles. The zero-order chi connectivity index (χ0) is 72.9. The van der Waals surface area contributed by atoms with E-state index in [4.69, 9.17) is 24.9 Å². The minimum Gasteiger partial charge on any atom is -0.264 e. The number of hydrogen-bond acceptors (Lipinski definition) is 10. The van der Waals surface area contributed by atoms with Crippen LogP contribution < -0.4 is 0 Å². The van der Waals surface area contributed by atoms with Crippen molar-refractivity contribution in [1.29, 1.82) is 0 Å². The molecule has 0 radical (unpaired) electrons. The SMILES string of the molecule is c1ccc(-c2cccc(-c3ccc4ccc(-c5ccc6nc(-c7cccc(-c8ccc9ccc%10cccnc%10c9n8)c7)ccc6c5)cc4n3)c2)nc1.c1cncc(-c2cccc(-c3ccc4ccc(-c5ccc6nc(-c7cc(-c8ccnc9ccccc89)cc(-c8ccnc9ccccc89)c7)ccc6c5)cc4n3)c2)c1. The second-order valence-electron chi connectivity index (χ2n) is 27.6. The van der Waals surface area contributed by atoms with E-state index in [1.54, 1.807) is 6.20 Å². The van der Waals surface area contributed by atoms with Gasteiger partial charge in [-0.1, -0.05) is 188 Å². The molecule has 0 saturated carbocycles. The molecule has 10 nitrogen and oxygen atoms in total. The largest absolute Gasteiger partial charge is 0.264 e. The van der Waals surface area contributed by atoms with Crippen molar-refractivity contribution in [2.24, 2.45) is 0 Å². The summed E-state index contributed by atoms with van der Waals surface area (Å²) in [6.07, 6.45) is 11.1. The third-order valence-corrected chi connectivity index (χ3v) is 20.7. The highest BCUT2D eigenvalue weighted by Gasteiger charge is 2.17. The average Bonchev–Trinajstić information content (AvgIpc) is 0.773. The fourth-order valence-electron chi connectivity index (χ4n) is 15.1. The van der Waals surface area contributed by atoms with Crippen LogP contribution in [0.15, 0.2) is 377 Å². The second kappa shape index (κ2) is 27.8. The van der Waals surface area contributed by atoms with Gasteiger partial charge in [-0.05, 0) is 202 Å². The van der Waals surface area contributed by atoms with Crippen LogP contribution in [-0.2, 0) is 0 Å². The van der Waals surface area contributed by atoms with Crippen LogP contribution in [-0.4, -0.2) is 49.8 Å². The van der Waals surface area contributed by atoms with Crippen LogP contribution in [0.2, 0.25) is 0 Å². The van der Waals surface area contributed by atoms with Crippen molar-refractivity contribution in [1.82, 2.24) is 49.8 Å². The molecule has 0 atom stereocenters. The Labute approximate surface area is 633 Å². The maximum absolute atomic E-state index is 5.26. The van der Waals surface area contributed by atoms with Crippen LogP contribution in [0.1, 0.15) is 0 Å². The summed E-state index contributed by atoms with van der Waals surface area (Å²) in [6, 6.07) is 118. The number of pyridine rings is 10. The number of nitrogens with zero attached hydrogens (tertiary/aromatic N) is 10. The number of aromatic nitrogens is 10. The maximum atomic E-state index is 5.26. The molecule has 0 spiro atoms. The summed E-state index contributed by atoms with van der Waals surface area (Å²) in [4.78, 5) is 48.4. The molecule has 10 heterocycles. The molecule has 110 heavy (non-hydrogen) atoms. The van der Waals surface area contributed by atoms with Crippen LogP contribution in [0, 0.1) is 0 Å². The average molecular weight is 1400 g/mol. The predicted molar refractivity (Wildman–Crippen MR) is 451 cm³/mol. The van der Waals surface area contributed by atoms with Crippen LogP contribution in [0.5, 0.6) is 0 Å². The first-order valence-corrected chi connectivity index (χ1v) is 36.7. The molecule has 0 aliphatic rings. The molecule has 0 bridgehead atoms. The molecule has 0 aliphatic carbocycles. The molecule has 0 aliphatic heterocycles. The van der Waals surface area contributed by atoms with Crippen LogP contribution in [0.3, 0.4) is 0 Å². The fraction of sp³-hybridized carbons (Fsp3) is 0. The molecule has 512 valence electrons. The third kappa shape index (κ3) is 12.6. The molecule has 10 heteroatoms. The molecule has 21 aromatic rings. The number of benzene rings is 11. The summed E-state index contributed by atoms with van der Waals surface area (Å²) in [6.45, 7) is 0. The van der Waals surface area contributed by atoms with Gasteiger partial charge in [-0.2, -0.15) is 0 Å². The number of fused-ring (bicyclic) bond motifs is 9. The van der Waals surface area contributed by atoms with E-state index in [9.17, 15) is 0 Å². The van der Waals surface area contributed by atoms with E-state index in [1.807, 2.05) is 73.4 Å². The Morgan fingerprint density at radius 1 is 0.164 bits per heavy atom. The molecule has 0 N–H and O–H groups in total. The van der Waals surface area contributed by atoms with E-state index in [0.717, 1.165) is 210 Å². The Hall–Kier alpha value is -15.0. The first-order valence-electron chi connectivity index (χ1n) is 36.7. The quantitative estimate of drug-likeness (QED) is 0.115. The number of hydrogen-bond donors (Lipinski definition) is 0. The molecule has 0 saturated heterocycles. The van der Waals surface area contributed by atoms with Crippen molar-refractivity contribution in [3.63, 3.8) is 0 Å². The van der Waals surface area contributed by atoms with Gasteiger partial charge >= 0.3 is 0 Å². The van der Waals surface area contributed by atoms with Crippen molar-refractivity contribution in [2.75, 3.05) is 0 Å². The van der Waals surface area contributed by atoms with Crippen molar-refractivity contribution in [3.8, 4) is 123 Å². The highest BCUT2D eigenvalue weighted by Crippen LogP contribution is 2.40. The first-order chi connectivity index (χ1) is 54.4.